The molecule has 1 saturated heterocycles. The molecule has 0 aromatic heterocycles. The molecule has 0 saturated carbocycles. The van der Waals surface area contributed by atoms with Crippen LogP contribution in [0.4, 0.5) is 4.79 Å². The molecule has 1 aliphatic heterocycles. The molecule has 1 heterocycles. The number of likely N-dealkylation sites (tertiary alicyclic amines) is 1. The summed E-state index contributed by atoms with van der Waals surface area (Å²) in [5, 5.41) is 2.18. The molecule has 1 fully saturated rings. The van der Waals surface area contributed by atoms with Gasteiger partial charge in [-0.2, -0.15) is 0 Å². The van der Waals surface area contributed by atoms with Crippen molar-refractivity contribution in [2.24, 2.45) is 0 Å². The van der Waals surface area contributed by atoms with E-state index >= 15 is 0 Å². The minimum Gasteiger partial charge on any atom is -0.443 e. The summed E-state index contributed by atoms with van der Waals surface area (Å²) in [6, 6.07) is 20.4. The minimum atomic E-state index is -2.76. The van der Waals surface area contributed by atoms with Gasteiger partial charge in [0.2, 0.25) is 5.91 Å². The number of nitrogens with zero attached hydrogens (tertiary/aromatic N) is 1. The van der Waals surface area contributed by atoms with Gasteiger partial charge in [0, 0.05) is 6.42 Å². The van der Waals surface area contributed by atoms with Crippen LogP contribution < -0.4 is 10.4 Å². The van der Waals surface area contributed by atoms with Crippen LogP contribution in [0, 0.1) is 0 Å². The number of imide groups is 1. The zero-order valence-electron chi connectivity index (χ0n) is 20.8. The van der Waals surface area contributed by atoms with Crippen LogP contribution in [0.2, 0.25) is 5.04 Å². The number of hydrogen-bond acceptors (Lipinski definition) is 4. The van der Waals surface area contributed by atoms with Gasteiger partial charge in [-0.25, -0.2) is 9.69 Å². The molecule has 0 radical (unpaired) electrons. The molecule has 0 unspecified atom stereocenters. The first kappa shape index (κ1) is 25.2. The van der Waals surface area contributed by atoms with Crippen molar-refractivity contribution >= 4 is 30.7 Å². The molecule has 1 atom stereocenters. The molecule has 2 aromatic rings. The predicted octanol–water partition coefficient (Wildman–Crippen LogP) is 4.88. The molecule has 0 aliphatic carbocycles. The summed E-state index contributed by atoms with van der Waals surface area (Å²) in [7, 11) is -2.76. The van der Waals surface area contributed by atoms with E-state index < -0.39 is 20.0 Å². The van der Waals surface area contributed by atoms with Crippen LogP contribution in [-0.4, -0.2) is 43.5 Å². The largest absolute Gasteiger partial charge is 0.443 e. The lowest BCUT2D eigenvalue weighted by Gasteiger charge is -2.45. The molecule has 33 heavy (non-hydrogen) atoms. The summed E-state index contributed by atoms with van der Waals surface area (Å²) in [5.74, 6) is -0.188. The quantitative estimate of drug-likeness (QED) is 0.588. The average Bonchev–Trinajstić information content (AvgIpc) is 2.73. The van der Waals surface area contributed by atoms with E-state index in [-0.39, 0.29) is 23.6 Å². The zero-order valence-corrected chi connectivity index (χ0v) is 21.8. The van der Waals surface area contributed by atoms with Gasteiger partial charge in [-0.1, -0.05) is 81.4 Å². The molecule has 1 aliphatic rings. The second-order valence-corrected chi connectivity index (χ2v) is 15.1. The van der Waals surface area contributed by atoms with E-state index in [0.717, 1.165) is 6.42 Å². The van der Waals surface area contributed by atoms with Crippen LogP contribution in [0.3, 0.4) is 0 Å². The van der Waals surface area contributed by atoms with Gasteiger partial charge in [0.05, 0.1) is 12.6 Å². The number of carbonyl (C=O) groups is 2. The van der Waals surface area contributed by atoms with Gasteiger partial charge in [-0.05, 0) is 49.0 Å². The number of hydrogen-bond donors (Lipinski definition) is 0. The van der Waals surface area contributed by atoms with Crippen molar-refractivity contribution in [3.63, 3.8) is 0 Å². The van der Waals surface area contributed by atoms with Crippen molar-refractivity contribution in [1.29, 1.82) is 0 Å². The first-order valence-electron chi connectivity index (χ1n) is 11.8. The number of benzene rings is 2. The Morgan fingerprint density at radius 1 is 0.939 bits per heavy atom. The Morgan fingerprint density at radius 2 is 1.45 bits per heavy atom. The van der Waals surface area contributed by atoms with Gasteiger partial charge in [0.15, 0.2) is 0 Å². The topological polar surface area (TPSA) is 55.8 Å². The van der Waals surface area contributed by atoms with E-state index in [1.807, 2.05) is 57.2 Å². The highest BCUT2D eigenvalue weighted by molar-refractivity contribution is 6.99. The van der Waals surface area contributed by atoms with Crippen molar-refractivity contribution < 1.29 is 18.8 Å². The van der Waals surface area contributed by atoms with E-state index in [4.69, 9.17) is 9.16 Å². The highest BCUT2D eigenvalue weighted by Gasteiger charge is 2.51. The van der Waals surface area contributed by atoms with Crippen LogP contribution in [0.1, 0.15) is 60.8 Å². The van der Waals surface area contributed by atoms with Gasteiger partial charge < -0.3 is 9.16 Å². The summed E-state index contributed by atoms with van der Waals surface area (Å²) in [6.07, 6.45) is 1.23. The Labute approximate surface area is 199 Å². The van der Waals surface area contributed by atoms with Crippen LogP contribution in [0.25, 0.3) is 0 Å². The van der Waals surface area contributed by atoms with Gasteiger partial charge in [0.25, 0.3) is 8.32 Å². The smallest absolute Gasteiger partial charge is 0.417 e. The summed E-state index contributed by atoms with van der Waals surface area (Å²) in [5.41, 5.74) is -0.668. The standard InChI is InChI=1S/C27H37NO4Si/c1-26(2,3)32-25(30)28-21(14-13-19-24(28)29)20-31-33(27(4,5)6,22-15-9-7-10-16-22)23-17-11-8-12-18-23/h7-12,15-18,21H,13-14,19-20H2,1-6H3/t21-/m1/s1. The average molecular weight is 468 g/mol. The predicted molar refractivity (Wildman–Crippen MR) is 134 cm³/mol. The maximum atomic E-state index is 12.9. The molecule has 2 aromatic carbocycles. The minimum absolute atomic E-state index is 0.175. The lowest BCUT2D eigenvalue weighted by atomic mass is 10.0. The van der Waals surface area contributed by atoms with E-state index in [9.17, 15) is 9.59 Å². The van der Waals surface area contributed by atoms with Gasteiger partial charge >= 0.3 is 6.09 Å². The fourth-order valence-electron chi connectivity index (χ4n) is 4.64. The lowest BCUT2D eigenvalue weighted by Crippen LogP contribution is -2.67. The van der Waals surface area contributed by atoms with E-state index in [1.54, 1.807) is 0 Å². The molecule has 2 amide bonds. The third-order valence-electron chi connectivity index (χ3n) is 6.06. The molecule has 3 rings (SSSR count). The summed E-state index contributed by atoms with van der Waals surface area (Å²) < 4.78 is 12.6. The zero-order chi connectivity index (χ0) is 24.3. The van der Waals surface area contributed by atoms with Gasteiger partial charge in [-0.15, -0.1) is 0 Å². The summed E-state index contributed by atoms with van der Waals surface area (Å²) in [4.78, 5) is 27.0. The molecule has 0 N–H and O–H groups in total. The van der Waals surface area contributed by atoms with Crippen LogP contribution in [0.5, 0.6) is 0 Å². The van der Waals surface area contributed by atoms with Crippen LogP contribution >= 0.6 is 0 Å². The lowest BCUT2D eigenvalue weighted by molar-refractivity contribution is -0.136. The first-order chi connectivity index (χ1) is 15.5. The number of ether oxygens (including phenoxy) is 1. The fourth-order valence-corrected chi connectivity index (χ4v) is 9.24. The SMILES string of the molecule is CC(C)(C)OC(=O)N1C(=O)CCC[C@@H]1CO[Si](c1ccccc1)(c1ccccc1)C(C)(C)C. The monoisotopic (exact) mass is 467 g/mol. The molecular formula is C27H37NO4Si. The van der Waals surface area contributed by atoms with Crippen molar-refractivity contribution in [1.82, 2.24) is 4.90 Å². The van der Waals surface area contributed by atoms with E-state index in [1.165, 1.54) is 15.3 Å². The molecule has 0 spiro atoms. The normalized spacial score (nSPS) is 17.7. The molecular weight excluding hydrogens is 430 g/mol. The first-order valence-corrected chi connectivity index (χ1v) is 13.7. The van der Waals surface area contributed by atoms with Crippen LogP contribution in [-0.2, 0) is 14.0 Å². The van der Waals surface area contributed by atoms with E-state index in [2.05, 4.69) is 45.0 Å². The maximum absolute atomic E-state index is 12.9. The highest BCUT2D eigenvalue weighted by atomic mass is 28.4. The van der Waals surface area contributed by atoms with Gasteiger partial charge in [0.1, 0.15) is 5.60 Å². The summed E-state index contributed by atoms with van der Waals surface area (Å²) >= 11 is 0. The van der Waals surface area contributed by atoms with Crippen LogP contribution in [0.15, 0.2) is 60.7 Å². The third kappa shape index (κ3) is 5.56. The second-order valence-electron chi connectivity index (χ2n) is 10.8. The summed E-state index contributed by atoms with van der Waals surface area (Å²) in [6.45, 7) is 12.4. The number of amides is 2. The number of rotatable bonds is 5. The number of piperidine rings is 1. The maximum Gasteiger partial charge on any atom is 0.417 e. The Kier molecular flexibility index (Phi) is 7.49. The van der Waals surface area contributed by atoms with E-state index in [0.29, 0.717) is 12.8 Å². The molecule has 6 heteroatoms. The van der Waals surface area contributed by atoms with Crippen molar-refractivity contribution in [2.75, 3.05) is 6.61 Å². The Hall–Kier alpha value is -2.44. The van der Waals surface area contributed by atoms with Crippen molar-refractivity contribution in [2.45, 2.75) is 77.5 Å². The molecule has 5 nitrogen and oxygen atoms in total. The highest BCUT2D eigenvalue weighted by Crippen LogP contribution is 2.37. The molecule has 178 valence electrons. The Morgan fingerprint density at radius 3 is 1.91 bits per heavy atom. The third-order valence-corrected chi connectivity index (χ3v) is 11.1. The Balaban J connectivity index is 2.00. The Bertz CT molecular complexity index is 908. The van der Waals surface area contributed by atoms with Gasteiger partial charge in [-0.3, -0.25) is 4.79 Å². The number of carbonyl (C=O) groups excluding carboxylic acids is 2. The van der Waals surface area contributed by atoms with Crippen molar-refractivity contribution in [3.05, 3.63) is 60.7 Å². The molecule has 0 bridgehead atoms. The fraction of sp³-hybridized carbons (Fsp3) is 0.481. The second kappa shape index (κ2) is 9.81. The van der Waals surface area contributed by atoms with Crippen molar-refractivity contribution in [3.8, 4) is 0 Å².